The summed E-state index contributed by atoms with van der Waals surface area (Å²) in [7, 11) is 0. The quantitative estimate of drug-likeness (QED) is 0.756. The first kappa shape index (κ1) is 13.4. The monoisotopic (exact) mass is 306 g/mol. The fourth-order valence-electron chi connectivity index (χ4n) is 1.84. The summed E-state index contributed by atoms with van der Waals surface area (Å²) in [5.74, 6) is -0.464. The number of phenolic OH excluding ortho intramolecular Hbond substituents is 2. The number of hydrogen-bond donors (Lipinski definition) is 2. The van der Waals surface area contributed by atoms with Gasteiger partial charge in [0.15, 0.2) is 0 Å². The Bertz CT molecular complexity index is 799. The van der Waals surface area contributed by atoms with Crippen molar-refractivity contribution in [1.82, 2.24) is 10.1 Å². The van der Waals surface area contributed by atoms with E-state index in [0.717, 1.165) is 6.07 Å². The second-order valence-corrected chi connectivity index (χ2v) is 4.69. The van der Waals surface area contributed by atoms with Gasteiger partial charge in [-0.2, -0.15) is 4.98 Å². The van der Waals surface area contributed by atoms with Crippen LogP contribution in [0.3, 0.4) is 0 Å². The van der Waals surface area contributed by atoms with Crippen molar-refractivity contribution in [1.29, 1.82) is 0 Å². The molecule has 0 radical (unpaired) electrons. The summed E-state index contributed by atoms with van der Waals surface area (Å²) in [5.41, 5.74) is 0.766. The van der Waals surface area contributed by atoms with Crippen LogP contribution in [-0.4, -0.2) is 20.4 Å². The molecule has 3 aromatic rings. The van der Waals surface area contributed by atoms with Crippen LogP contribution in [0.5, 0.6) is 11.5 Å². The molecule has 2 aromatic carbocycles. The summed E-state index contributed by atoms with van der Waals surface area (Å²) in [6, 6.07) is 7.72. The van der Waals surface area contributed by atoms with Crippen LogP contribution in [0, 0.1) is 5.82 Å². The van der Waals surface area contributed by atoms with Crippen molar-refractivity contribution < 1.29 is 19.1 Å². The number of benzene rings is 2. The summed E-state index contributed by atoms with van der Waals surface area (Å²) >= 11 is 5.93. The van der Waals surface area contributed by atoms with Gasteiger partial charge in [-0.3, -0.25) is 0 Å². The van der Waals surface area contributed by atoms with Crippen LogP contribution in [0.2, 0.25) is 5.02 Å². The lowest BCUT2D eigenvalue weighted by Crippen LogP contribution is -1.84. The normalized spacial score (nSPS) is 10.8. The number of hydrogen-bond acceptors (Lipinski definition) is 5. The van der Waals surface area contributed by atoms with Gasteiger partial charge in [-0.1, -0.05) is 16.8 Å². The minimum atomic E-state index is -0.467. The topological polar surface area (TPSA) is 79.4 Å². The van der Waals surface area contributed by atoms with Crippen LogP contribution in [-0.2, 0) is 0 Å². The van der Waals surface area contributed by atoms with Gasteiger partial charge >= 0.3 is 0 Å². The molecule has 2 N–H and O–H groups in total. The average Bonchev–Trinajstić information content (AvgIpc) is 2.87. The smallest absolute Gasteiger partial charge is 0.258 e. The van der Waals surface area contributed by atoms with E-state index in [4.69, 9.17) is 16.1 Å². The van der Waals surface area contributed by atoms with Crippen LogP contribution in [0.15, 0.2) is 40.9 Å². The average molecular weight is 307 g/mol. The van der Waals surface area contributed by atoms with E-state index in [1.807, 2.05) is 0 Å². The van der Waals surface area contributed by atoms with E-state index in [0.29, 0.717) is 11.1 Å². The van der Waals surface area contributed by atoms with E-state index < -0.39 is 5.82 Å². The lowest BCUT2D eigenvalue weighted by atomic mass is 10.2. The van der Waals surface area contributed by atoms with Crippen molar-refractivity contribution in [2.75, 3.05) is 0 Å². The summed E-state index contributed by atoms with van der Waals surface area (Å²) < 4.78 is 18.1. The molecule has 5 nitrogen and oxygen atoms in total. The van der Waals surface area contributed by atoms with Gasteiger partial charge in [0.25, 0.3) is 5.89 Å². The molecule has 0 aliphatic carbocycles. The predicted molar refractivity (Wildman–Crippen MR) is 73.5 cm³/mol. The zero-order valence-corrected chi connectivity index (χ0v) is 11.2. The fourth-order valence-corrected chi connectivity index (χ4v) is 2.09. The molecule has 7 heteroatoms. The van der Waals surface area contributed by atoms with Crippen LogP contribution in [0.1, 0.15) is 0 Å². The van der Waals surface area contributed by atoms with Crippen molar-refractivity contribution in [3.05, 3.63) is 47.2 Å². The molecule has 1 heterocycles. The Hall–Kier alpha value is -2.60. The molecule has 0 fully saturated rings. The van der Waals surface area contributed by atoms with Crippen LogP contribution < -0.4 is 0 Å². The number of halogens is 2. The minimum Gasteiger partial charge on any atom is -0.508 e. The van der Waals surface area contributed by atoms with Crippen molar-refractivity contribution >= 4 is 11.6 Å². The highest BCUT2D eigenvalue weighted by Gasteiger charge is 2.14. The standard InChI is InChI=1S/C14H8ClFN2O3/c15-12-5-8(16)1-2-11(12)13-17-14(21-18-13)7-3-9(19)6-10(20)4-7/h1-6,19-20H. The largest absolute Gasteiger partial charge is 0.508 e. The Labute approximate surface area is 123 Å². The molecular formula is C14H8ClFN2O3. The fraction of sp³-hybridized carbons (Fsp3) is 0. The molecule has 0 aliphatic rings. The van der Waals surface area contributed by atoms with Gasteiger partial charge in [-0.25, -0.2) is 4.39 Å². The lowest BCUT2D eigenvalue weighted by Gasteiger charge is -1.99. The SMILES string of the molecule is Oc1cc(O)cc(-c2nc(-c3ccc(F)cc3Cl)no2)c1. The van der Waals surface area contributed by atoms with E-state index in [9.17, 15) is 14.6 Å². The summed E-state index contributed by atoms with van der Waals surface area (Å²) in [5, 5.41) is 22.8. The number of nitrogens with zero attached hydrogens (tertiary/aromatic N) is 2. The molecule has 1 aromatic heterocycles. The highest BCUT2D eigenvalue weighted by molar-refractivity contribution is 6.33. The van der Waals surface area contributed by atoms with Crippen molar-refractivity contribution in [2.45, 2.75) is 0 Å². The number of rotatable bonds is 2. The molecule has 0 unspecified atom stereocenters. The Kier molecular flexibility index (Phi) is 3.23. The van der Waals surface area contributed by atoms with Gasteiger partial charge in [0, 0.05) is 17.2 Å². The Morgan fingerprint density at radius 3 is 2.43 bits per heavy atom. The molecule has 21 heavy (non-hydrogen) atoms. The summed E-state index contributed by atoms with van der Waals surface area (Å²) in [6.07, 6.45) is 0. The maximum atomic E-state index is 13.0. The summed E-state index contributed by atoms with van der Waals surface area (Å²) in [6.45, 7) is 0. The van der Waals surface area contributed by atoms with E-state index in [2.05, 4.69) is 10.1 Å². The molecule has 0 amide bonds. The van der Waals surface area contributed by atoms with E-state index in [1.165, 1.54) is 30.3 Å². The molecule has 0 bridgehead atoms. The Morgan fingerprint density at radius 1 is 1.05 bits per heavy atom. The van der Waals surface area contributed by atoms with Gasteiger partial charge in [-0.15, -0.1) is 0 Å². The molecule has 0 aliphatic heterocycles. The molecule has 0 saturated carbocycles. The lowest BCUT2D eigenvalue weighted by molar-refractivity contribution is 0.428. The van der Waals surface area contributed by atoms with Crippen LogP contribution in [0.4, 0.5) is 4.39 Å². The molecular weight excluding hydrogens is 299 g/mol. The van der Waals surface area contributed by atoms with E-state index in [1.54, 1.807) is 0 Å². The first-order chi connectivity index (χ1) is 10.0. The number of aromatic hydroxyl groups is 2. The second-order valence-electron chi connectivity index (χ2n) is 4.29. The third-order valence-corrected chi connectivity index (χ3v) is 3.06. The van der Waals surface area contributed by atoms with Gasteiger partial charge < -0.3 is 14.7 Å². The maximum absolute atomic E-state index is 13.0. The minimum absolute atomic E-state index is 0.0941. The Balaban J connectivity index is 2.03. The number of aromatic nitrogens is 2. The van der Waals surface area contributed by atoms with Crippen LogP contribution in [0.25, 0.3) is 22.8 Å². The van der Waals surface area contributed by atoms with Crippen molar-refractivity contribution in [3.63, 3.8) is 0 Å². The predicted octanol–water partition coefficient (Wildman–Crippen LogP) is 3.61. The molecule has 0 spiro atoms. The summed E-state index contributed by atoms with van der Waals surface area (Å²) in [4.78, 5) is 4.12. The third-order valence-electron chi connectivity index (χ3n) is 2.75. The van der Waals surface area contributed by atoms with Crippen molar-refractivity contribution in [3.8, 4) is 34.3 Å². The maximum Gasteiger partial charge on any atom is 0.258 e. The second kappa shape index (κ2) is 5.06. The van der Waals surface area contributed by atoms with E-state index in [-0.39, 0.29) is 28.2 Å². The van der Waals surface area contributed by atoms with Gasteiger partial charge in [0.05, 0.1) is 5.02 Å². The van der Waals surface area contributed by atoms with Crippen LogP contribution >= 0.6 is 11.6 Å². The molecule has 3 rings (SSSR count). The number of phenols is 2. The molecule has 0 saturated heterocycles. The van der Waals surface area contributed by atoms with E-state index >= 15 is 0 Å². The van der Waals surface area contributed by atoms with Crippen molar-refractivity contribution in [2.24, 2.45) is 0 Å². The molecule has 106 valence electrons. The highest BCUT2D eigenvalue weighted by atomic mass is 35.5. The van der Waals surface area contributed by atoms with Gasteiger partial charge in [0.1, 0.15) is 17.3 Å². The van der Waals surface area contributed by atoms with Gasteiger partial charge in [0.2, 0.25) is 5.82 Å². The first-order valence-electron chi connectivity index (χ1n) is 5.85. The third kappa shape index (κ3) is 2.66. The highest BCUT2D eigenvalue weighted by Crippen LogP contribution is 2.31. The van der Waals surface area contributed by atoms with Gasteiger partial charge in [-0.05, 0) is 30.3 Å². The zero-order valence-electron chi connectivity index (χ0n) is 10.4. The molecule has 0 atom stereocenters. The zero-order chi connectivity index (χ0) is 15.0. The Morgan fingerprint density at radius 2 is 1.76 bits per heavy atom. The first-order valence-corrected chi connectivity index (χ1v) is 6.23.